The summed E-state index contributed by atoms with van der Waals surface area (Å²) < 4.78 is 16.8. The zero-order valence-electron chi connectivity index (χ0n) is 12.9. The van der Waals surface area contributed by atoms with Gasteiger partial charge in [-0.2, -0.15) is 0 Å². The Bertz CT molecular complexity index is 537. The molecule has 1 atom stereocenters. The zero-order chi connectivity index (χ0) is 15.1. The topological polar surface area (TPSA) is 43.6 Å². The Kier molecular flexibility index (Phi) is 5.55. The van der Waals surface area contributed by atoms with E-state index in [9.17, 15) is 0 Å². The molecule has 1 unspecified atom stereocenters. The third-order valence-electron chi connectivity index (χ3n) is 3.19. The fraction of sp³-hybridized carbons (Fsp3) is 0.412. The van der Waals surface area contributed by atoms with E-state index in [1.165, 1.54) is 0 Å². The van der Waals surface area contributed by atoms with Crippen LogP contribution in [0.5, 0.6) is 11.5 Å². The predicted molar refractivity (Wildman–Crippen MR) is 84.1 cm³/mol. The van der Waals surface area contributed by atoms with Crippen molar-refractivity contribution in [2.24, 2.45) is 0 Å². The van der Waals surface area contributed by atoms with Crippen molar-refractivity contribution in [3.8, 4) is 11.5 Å². The van der Waals surface area contributed by atoms with Crippen LogP contribution in [-0.4, -0.2) is 13.2 Å². The Hall–Kier alpha value is -2.10. The Morgan fingerprint density at radius 3 is 2.52 bits per heavy atom. The standard InChI is InChI=1S/C17H23NO3/c1-4-14(16-8-7-11-21-16)18-15-12-13(19-5-2)9-10-17(15)20-6-3/h7-12,14,18H,4-6H2,1-3H3. The minimum absolute atomic E-state index is 0.107. The second kappa shape index (κ2) is 7.62. The second-order valence-corrected chi connectivity index (χ2v) is 4.64. The van der Waals surface area contributed by atoms with Gasteiger partial charge in [0.05, 0.1) is 31.2 Å². The number of furan rings is 1. The van der Waals surface area contributed by atoms with E-state index in [1.54, 1.807) is 6.26 Å². The Balaban J connectivity index is 2.24. The quantitative estimate of drug-likeness (QED) is 0.768. The molecule has 0 radical (unpaired) electrons. The first kappa shape index (κ1) is 15.3. The molecule has 0 saturated heterocycles. The Morgan fingerprint density at radius 1 is 1.10 bits per heavy atom. The molecule has 114 valence electrons. The number of rotatable bonds is 8. The van der Waals surface area contributed by atoms with Crippen LogP contribution >= 0.6 is 0 Å². The van der Waals surface area contributed by atoms with Crippen LogP contribution in [0.25, 0.3) is 0 Å². The van der Waals surface area contributed by atoms with E-state index in [-0.39, 0.29) is 6.04 Å². The lowest BCUT2D eigenvalue weighted by Gasteiger charge is -2.19. The van der Waals surface area contributed by atoms with Crippen molar-refractivity contribution in [2.45, 2.75) is 33.2 Å². The lowest BCUT2D eigenvalue weighted by Crippen LogP contribution is -2.10. The summed E-state index contributed by atoms with van der Waals surface area (Å²) in [5, 5.41) is 3.48. The molecule has 2 rings (SSSR count). The smallest absolute Gasteiger partial charge is 0.142 e. The molecule has 4 nitrogen and oxygen atoms in total. The van der Waals surface area contributed by atoms with Crippen LogP contribution in [0.2, 0.25) is 0 Å². The first-order valence-corrected chi connectivity index (χ1v) is 7.48. The van der Waals surface area contributed by atoms with Gasteiger partial charge in [-0.25, -0.2) is 0 Å². The summed E-state index contributed by atoms with van der Waals surface area (Å²) in [6, 6.07) is 9.82. The van der Waals surface area contributed by atoms with Crippen LogP contribution in [0, 0.1) is 0 Å². The molecule has 0 amide bonds. The maximum absolute atomic E-state index is 5.68. The third-order valence-corrected chi connectivity index (χ3v) is 3.19. The number of hydrogen-bond acceptors (Lipinski definition) is 4. The molecule has 0 spiro atoms. The summed E-state index contributed by atoms with van der Waals surface area (Å²) in [4.78, 5) is 0. The Labute approximate surface area is 126 Å². The van der Waals surface area contributed by atoms with Gasteiger partial charge in [0.25, 0.3) is 0 Å². The largest absolute Gasteiger partial charge is 0.494 e. The molecular formula is C17H23NO3. The van der Waals surface area contributed by atoms with E-state index < -0.39 is 0 Å². The normalized spacial score (nSPS) is 12.0. The van der Waals surface area contributed by atoms with Crippen molar-refractivity contribution in [3.05, 3.63) is 42.4 Å². The molecule has 1 N–H and O–H groups in total. The van der Waals surface area contributed by atoms with E-state index in [4.69, 9.17) is 13.9 Å². The lowest BCUT2D eigenvalue weighted by molar-refractivity contribution is 0.331. The zero-order valence-corrected chi connectivity index (χ0v) is 12.9. The van der Waals surface area contributed by atoms with Crippen molar-refractivity contribution in [1.29, 1.82) is 0 Å². The van der Waals surface area contributed by atoms with E-state index in [1.807, 2.05) is 44.2 Å². The van der Waals surface area contributed by atoms with E-state index >= 15 is 0 Å². The van der Waals surface area contributed by atoms with Gasteiger partial charge in [0, 0.05) is 6.07 Å². The van der Waals surface area contributed by atoms with Crippen LogP contribution < -0.4 is 14.8 Å². The van der Waals surface area contributed by atoms with Crippen molar-refractivity contribution in [2.75, 3.05) is 18.5 Å². The molecule has 0 aliphatic heterocycles. The van der Waals surface area contributed by atoms with Gasteiger partial charge in [0.1, 0.15) is 17.3 Å². The predicted octanol–water partition coefficient (Wildman–Crippen LogP) is 4.64. The fourth-order valence-corrected chi connectivity index (χ4v) is 2.21. The van der Waals surface area contributed by atoms with Crippen molar-refractivity contribution < 1.29 is 13.9 Å². The molecule has 0 aliphatic carbocycles. The number of ether oxygens (including phenoxy) is 2. The highest BCUT2D eigenvalue weighted by atomic mass is 16.5. The monoisotopic (exact) mass is 289 g/mol. The summed E-state index contributed by atoms with van der Waals surface area (Å²) in [5.74, 6) is 2.57. The summed E-state index contributed by atoms with van der Waals surface area (Å²) in [6.07, 6.45) is 2.61. The van der Waals surface area contributed by atoms with Crippen LogP contribution in [0.1, 0.15) is 39.0 Å². The lowest BCUT2D eigenvalue weighted by atomic mass is 10.1. The van der Waals surface area contributed by atoms with Gasteiger partial charge in [0.2, 0.25) is 0 Å². The van der Waals surface area contributed by atoms with Gasteiger partial charge in [-0.15, -0.1) is 0 Å². The van der Waals surface area contributed by atoms with Gasteiger partial charge in [-0.05, 0) is 44.5 Å². The third kappa shape index (κ3) is 3.94. The Morgan fingerprint density at radius 2 is 1.90 bits per heavy atom. The van der Waals surface area contributed by atoms with Crippen LogP contribution in [0.3, 0.4) is 0 Å². The second-order valence-electron chi connectivity index (χ2n) is 4.64. The average Bonchev–Trinajstić information content (AvgIpc) is 3.01. The highest BCUT2D eigenvalue weighted by molar-refractivity contribution is 5.60. The van der Waals surface area contributed by atoms with Crippen LogP contribution in [-0.2, 0) is 0 Å². The van der Waals surface area contributed by atoms with Gasteiger partial charge in [0.15, 0.2) is 0 Å². The van der Waals surface area contributed by atoms with Crippen LogP contribution in [0.15, 0.2) is 41.0 Å². The van der Waals surface area contributed by atoms with E-state index in [0.717, 1.165) is 29.4 Å². The van der Waals surface area contributed by atoms with Crippen molar-refractivity contribution in [3.63, 3.8) is 0 Å². The first-order chi connectivity index (χ1) is 10.3. The highest BCUT2D eigenvalue weighted by Crippen LogP contribution is 2.33. The number of nitrogens with one attached hydrogen (secondary N) is 1. The number of anilines is 1. The van der Waals surface area contributed by atoms with E-state index in [0.29, 0.717) is 13.2 Å². The minimum Gasteiger partial charge on any atom is -0.494 e. The molecule has 1 aromatic carbocycles. The average molecular weight is 289 g/mol. The molecule has 2 aromatic rings. The molecule has 0 saturated carbocycles. The molecule has 0 aliphatic rings. The summed E-state index contributed by atoms with van der Waals surface area (Å²) in [5.41, 5.74) is 0.922. The van der Waals surface area contributed by atoms with Crippen LogP contribution in [0.4, 0.5) is 5.69 Å². The maximum atomic E-state index is 5.68. The molecular weight excluding hydrogens is 266 g/mol. The number of hydrogen-bond donors (Lipinski definition) is 1. The summed E-state index contributed by atoms with van der Waals surface area (Å²) in [7, 11) is 0. The molecule has 0 bridgehead atoms. The summed E-state index contributed by atoms with van der Waals surface area (Å²) >= 11 is 0. The molecule has 21 heavy (non-hydrogen) atoms. The molecule has 1 heterocycles. The summed E-state index contributed by atoms with van der Waals surface area (Å²) in [6.45, 7) is 7.33. The van der Waals surface area contributed by atoms with Crippen molar-refractivity contribution in [1.82, 2.24) is 0 Å². The highest BCUT2D eigenvalue weighted by Gasteiger charge is 2.15. The number of benzene rings is 1. The first-order valence-electron chi connectivity index (χ1n) is 7.48. The van der Waals surface area contributed by atoms with Gasteiger partial charge >= 0.3 is 0 Å². The molecule has 0 fully saturated rings. The van der Waals surface area contributed by atoms with E-state index in [2.05, 4.69) is 12.2 Å². The van der Waals surface area contributed by atoms with Gasteiger partial charge < -0.3 is 19.2 Å². The SMILES string of the molecule is CCOc1ccc(OCC)c(NC(CC)c2ccco2)c1. The van der Waals surface area contributed by atoms with Gasteiger partial charge in [-0.1, -0.05) is 6.92 Å². The molecule has 1 aromatic heterocycles. The maximum Gasteiger partial charge on any atom is 0.142 e. The fourth-order valence-electron chi connectivity index (χ4n) is 2.21. The van der Waals surface area contributed by atoms with Gasteiger partial charge in [-0.3, -0.25) is 0 Å². The minimum atomic E-state index is 0.107. The van der Waals surface area contributed by atoms with Crippen molar-refractivity contribution >= 4 is 5.69 Å². The molecule has 4 heteroatoms.